The number of likely N-dealkylation sites (tertiary alicyclic amines) is 1. The number of nitrogens with one attached hydrogen (secondary N) is 1. The van der Waals surface area contributed by atoms with E-state index in [1.807, 2.05) is 30.3 Å². The maximum atomic E-state index is 9.78. The van der Waals surface area contributed by atoms with E-state index >= 15 is 0 Å². The third-order valence-electron chi connectivity index (χ3n) is 5.64. The number of aryl methyl sites for hydroxylation is 1. The Morgan fingerprint density at radius 2 is 1.69 bits per heavy atom. The molecule has 2 aliphatic rings. The zero-order chi connectivity index (χ0) is 17.8. The molecule has 26 heavy (non-hydrogen) atoms. The Bertz CT molecular complexity index is 824. The summed E-state index contributed by atoms with van der Waals surface area (Å²) in [4.78, 5) is 2.50. The van der Waals surface area contributed by atoms with E-state index in [2.05, 4.69) is 46.6 Å². The number of nitriles is 1. The highest BCUT2D eigenvalue weighted by molar-refractivity contribution is 5.59. The van der Waals surface area contributed by atoms with Crippen LogP contribution < -0.4 is 5.32 Å². The van der Waals surface area contributed by atoms with Gasteiger partial charge in [0.1, 0.15) is 5.54 Å². The van der Waals surface area contributed by atoms with E-state index in [9.17, 15) is 5.26 Å². The molecule has 0 bridgehead atoms. The molecule has 0 atom stereocenters. The molecule has 4 rings (SSSR count). The number of fused-ring (bicyclic) bond motifs is 1. The zero-order valence-electron chi connectivity index (χ0n) is 15.1. The fourth-order valence-corrected chi connectivity index (χ4v) is 4.06. The van der Waals surface area contributed by atoms with Gasteiger partial charge >= 0.3 is 0 Å². The highest BCUT2D eigenvalue weighted by atomic mass is 15.2. The normalized spacial score (nSPS) is 19.1. The number of hydrogen-bond acceptors (Lipinski definition) is 3. The van der Waals surface area contributed by atoms with Crippen LogP contribution in [0.25, 0.3) is 6.08 Å². The molecule has 2 aromatic carbocycles. The van der Waals surface area contributed by atoms with Gasteiger partial charge in [0, 0.05) is 25.3 Å². The van der Waals surface area contributed by atoms with Gasteiger partial charge in [-0.1, -0.05) is 54.1 Å². The quantitative estimate of drug-likeness (QED) is 0.889. The van der Waals surface area contributed by atoms with Crippen LogP contribution in [0.15, 0.2) is 60.2 Å². The van der Waals surface area contributed by atoms with E-state index in [1.165, 1.54) is 16.7 Å². The van der Waals surface area contributed by atoms with Crippen LogP contribution in [0.5, 0.6) is 0 Å². The van der Waals surface area contributed by atoms with E-state index < -0.39 is 5.54 Å². The summed E-state index contributed by atoms with van der Waals surface area (Å²) in [6.07, 6.45) is 6.39. The second kappa shape index (κ2) is 7.35. The molecule has 0 saturated carbocycles. The summed E-state index contributed by atoms with van der Waals surface area (Å²) in [5.74, 6) is 0. The van der Waals surface area contributed by atoms with Crippen molar-refractivity contribution in [2.75, 3.05) is 25.0 Å². The maximum absolute atomic E-state index is 9.78. The molecule has 0 radical (unpaired) electrons. The van der Waals surface area contributed by atoms with Crippen LogP contribution in [0, 0.1) is 11.3 Å². The molecule has 1 aliphatic carbocycles. The van der Waals surface area contributed by atoms with Gasteiger partial charge in [-0.2, -0.15) is 5.26 Å². The summed E-state index contributed by atoms with van der Waals surface area (Å²) in [6, 6.07) is 21.4. The number of nitrogens with zero attached hydrogens (tertiary/aromatic N) is 2. The number of anilines is 1. The van der Waals surface area contributed by atoms with E-state index in [0.717, 1.165) is 51.0 Å². The molecule has 0 aromatic heterocycles. The number of benzene rings is 2. The predicted octanol–water partition coefficient (Wildman–Crippen LogP) is 4.49. The summed E-state index contributed by atoms with van der Waals surface area (Å²) in [5.41, 5.74) is 4.96. The second-order valence-corrected chi connectivity index (χ2v) is 7.46. The second-order valence-electron chi connectivity index (χ2n) is 7.46. The van der Waals surface area contributed by atoms with E-state index in [0.29, 0.717) is 0 Å². The van der Waals surface area contributed by atoms with Crippen LogP contribution in [-0.4, -0.2) is 30.1 Å². The molecule has 3 nitrogen and oxygen atoms in total. The smallest absolute Gasteiger partial charge is 0.127 e. The lowest BCUT2D eigenvalue weighted by molar-refractivity contribution is 0.210. The van der Waals surface area contributed by atoms with Crippen molar-refractivity contribution < 1.29 is 0 Å². The molecule has 1 heterocycles. The molecule has 3 heteroatoms. The SMILES string of the molecule is N#CC1(Nc2ccccc2)CCN(CC2=Cc3ccccc3CC2)CC1. The molecule has 0 spiro atoms. The Hall–Kier alpha value is -2.57. The van der Waals surface area contributed by atoms with Crippen molar-refractivity contribution in [3.05, 3.63) is 71.3 Å². The summed E-state index contributed by atoms with van der Waals surface area (Å²) < 4.78 is 0. The molecule has 1 aliphatic heterocycles. The van der Waals surface area contributed by atoms with Crippen LogP contribution in [-0.2, 0) is 6.42 Å². The van der Waals surface area contributed by atoms with Crippen LogP contribution in [0.4, 0.5) is 5.69 Å². The van der Waals surface area contributed by atoms with Crippen LogP contribution in [0.2, 0.25) is 0 Å². The Morgan fingerprint density at radius 1 is 0.962 bits per heavy atom. The minimum atomic E-state index is -0.439. The molecule has 1 fully saturated rings. The van der Waals surface area contributed by atoms with Crippen LogP contribution in [0.3, 0.4) is 0 Å². The first-order valence-electron chi connectivity index (χ1n) is 9.51. The average molecular weight is 343 g/mol. The van der Waals surface area contributed by atoms with Crippen molar-refractivity contribution in [3.8, 4) is 6.07 Å². The fourth-order valence-electron chi connectivity index (χ4n) is 4.06. The number of hydrogen-bond donors (Lipinski definition) is 1. The first-order valence-corrected chi connectivity index (χ1v) is 9.51. The third-order valence-corrected chi connectivity index (χ3v) is 5.64. The monoisotopic (exact) mass is 343 g/mol. The lowest BCUT2D eigenvalue weighted by atomic mass is 9.87. The van der Waals surface area contributed by atoms with Crippen molar-refractivity contribution >= 4 is 11.8 Å². The predicted molar refractivity (Wildman–Crippen MR) is 107 cm³/mol. The van der Waals surface area contributed by atoms with Crippen molar-refractivity contribution in [1.82, 2.24) is 4.90 Å². The Labute approximate surface area is 156 Å². The average Bonchev–Trinajstić information content (AvgIpc) is 2.70. The number of para-hydroxylation sites is 1. The van der Waals surface area contributed by atoms with Gasteiger partial charge < -0.3 is 5.32 Å². The fraction of sp³-hybridized carbons (Fsp3) is 0.348. The number of rotatable bonds is 4. The van der Waals surface area contributed by atoms with Crippen molar-refractivity contribution in [3.63, 3.8) is 0 Å². The van der Waals surface area contributed by atoms with Gasteiger partial charge in [-0.15, -0.1) is 0 Å². The molecule has 2 aromatic rings. The molecule has 0 unspecified atom stereocenters. The first-order chi connectivity index (χ1) is 12.8. The van der Waals surface area contributed by atoms with Crippen LogP contribution >= 0.6 is 0 Å². The minimum absolute atomic E-state index is 0.439. The summed E-state index contributed by atoms with van der Waals surface area (Å²) >= 11 is 0. The topological polar surface area (TPSA) is 39.1 Å². The molecule has 132 valence electrons. The Kier molecular flexibility index (Phi) is 4.77. The molecular weight excluding hydrogens is 318 g/mol. The lowest BCUT2D eigenvalue weighted by Gasteiger charge is -2.39. The minimum Gasteiger partial charge on any atom is -0.367 e. The van der Waals surface area contributed by atoms with Gasteiger partial charge in [0.15, 0.2) is 0 Å². The van der Waals surface area contributed by atoms with Gasteiger partial charge in [0.05, 0.1) is 6.07 Å². The Morgan fingerprint density at radius 3 is 2.46 bits per heavy atom. The van der Waals surface area contributed by atoms with Crippen molar-refractivity contribution in [2.45, 2.75) is 31.2 Å². The summed E-state index contributed by atoms with van der Waals surface area (Å²) in [6.45, 7) is 2.96. The Balaban J connectivity index is 1.38. The largest absolute Gasteiger partial charge is 0.367 e. The molecule has 1 N–H and O–H groups in total. The lowest BCUT2D eigenvalue weighted by Crippen LogP contribution is -2.48. The van der Waals surface area contributed by atoms with Crippen LogP contribution in [0.1, 0.15) is 30.4 Å². The number of piperidine rings is 1. The zero-order valence-corrected chi connectivity index (χ0v) is 15.1. The van der Waals surface area contributed by atoms with Crippen molar-refractivity contribution in [1.29, 1.82) is 5.26 Å². The highest BCUT2D eigenvalue weighted by Crippen LogP contribution is 2.29. The standard InChI is InChI=1S/C23H25N3/c24-18-23(25-22-8-2-1-3-9-22)12-14-26(15-13-23)17-19-10-11-20-6-4-5-7-21(20)16-19/h1-9,16,25H,10-15,17H2. The molecule has 1 saturated heterocycles. The molecular formula is C23H25N3. The first kappa shape index (κ1) is 16.9. The van der Waals surface area contributed by atoms with Gasteiger partial charge in [0.2, 0.25) is 0 Å². The van der Waals surface area contributed by atoms with E-state index in [4.69, 9.17) is 0 Å². The van der Waals surface area contributed by atoms with E-state index in [1.54, 1.807) is 0 Å². The van der Waals surface area contributed by atoms with Gasteiger partial charge in [0.25, 0.3) is 0 Å². The van der Waals surface area contributed by atoms with E-state index in [-0.39, 0.29) is 0 Å². The summed E-state index contributed by atoms with van der Waals surface area (Å²) in [5, 5.41) is 13.3. The van der Waals surface area contributed by atoms with Gasteiger partial charge in [-0.05, 0) is 48.9 Å². The molecule has 0 amide bonds. The van der Waals surface area contributed by atoms with Crippen molar-refractivity contribution in [2.24, 2.45) is 0 Å². The third kappa shape index (κ3) is 3.66. The van der Waals surface area contributed by atoms with Gasteiger partial charge in [-0.25, -0.2) is 0 Å². The van der Waals surface area contributed by atoms with Gasteiger partial charge in [-0.3, -0.25) is 4.90 Å². The highest BCUT2D eigenvalue weighted by Gasteiger charge is 2.34. The maximum Gasteiger partial charge on any atom is 0.127 e. The summed E-state index contributed by atoms with van der Waals surface area (Å²) in [7, 11) is 0.